The molecule has 0 radical (unpaired) electrons. The van der Waals surface area contributed by atoms with Crippen LogP contribution in [-0.2, 0) is 0 Å². The van der Waals surface area contributed by atoms with E-state index in [1.165, 1.54) is 16.7 Å². The van der Waals surface area contributed by atoms with Gasteiger partial charge in [0.05, 0.1) is 0 Å². The van der Waals surface area contributed by atoms with Crippen LogP contribution in [0.3, 0.4) is 0 Å². The first kappa shape index (κ1) is 9.28. The van der Waals surface area contributed by atoms with Crippen molar-refractivity contribution >= 4 is 12.6 Å². The fraction of sp³-hybridized carbons (Fsp3) is 0.0833. The third-order valence-corrected chi connectivity index (χ3v) is 2.48. The van der Waals surface area contributed by atoms with Gasteiger partial charge in [0.15, 0.2) is 0 Å². The third kappa shape index (κ3) is 1.80. The van der Waals surface area contributed by atoms with E-state index in [-0.39, 0.29) is 0 Å². The number of benzene rings is 1. The van der Waals surface area contributed by atoms with E-state index in [0.29, 0.717) is 0 Å². The zero-order chi connectivity index (χ0) is 9.97. The molecule has 0 bridgehead atoms. The highest BCUT2D eigenvalue weighted by Crippen LogP contribution is 2.24. The highest BCUT2D eigenvalue weighted by molar-refractivity contribution is 7.80. The summed E-state index contributed by atoms with van der Waals surface area (Å²) in [7, 11) is 0. The molecule has 0 amide bonds. The summed E-state index contributed by atoms with van der Waals surface area (Å²) in [5, 5.41) is 0. The first-order valence-corrected chi connectivity index (χ1v) is 4.92. The maximum absolute atomic E-state index is 4.30. The van der Waals surface area contributed by atoms with Crippen molar-refractivity contribution in [2.24, 2.45) is 0 Å². The minimum Gasteiger partial charge on any atom is -0.265 e. The highest BCUT2D eigenvalue weighted by atomic mass is 32.1. The van der Waals surface area contributed by atoms with Gasteiger partial charge in [-0.3, -0.25) is 4.98 Å². The zero-order valence-electron chi connectivity index (χ0n) is 7.94. The predicted molar refractivity (Wildman–Crippen MR) is 61.7 cm³/mol. The van der Waals surface area contributed by atoms with Gasteiger partial charge < -0.3 is 0 Å². The Kier molecular flexibility index (Phi) is 2.55. The summed E-state index contributed by atoms with van der Waals surface area (Å²) in [6.45, 7) is 2.09. The number of thiol groups is 1. The molecule has 0 saturated carbocycles. The average Bonchev–Trinajstić information content (AvgIpc) is 2.19. The van der Waals surface area contributed by atoms with Gasteiger partial charge in [0.2, 0.25) is 0 Å². The first-order chi connectivity index (χ1) is 6.77. The molecule has 0 aliphatic carbocycles. The van der Waals surface area contributed by atoms with Crippen molar-refractivity contribution in [3.8, 4) is 11.1 Å². The number of hydrogen-bond acceptors (Lipinski definition) is 2. The third-order valence-electron chi connectivity index (χ3n) is 2.20. The maximum atomic E-state index is 4.30. The van der Waals surface area contributed by atoms with E-state index in [1.807, 2.05) is 30.6 Å². The molecule has 0 aliphatic rings. The SMILES string of the molecule is Cc1cc(S)ccc1-c1ccncc1. The molecule has 2 heteroatoms. The van der Waals surface area contributed by atoms with Crippen LogP contribution in [0.4, 0.5) is 0 Å². The monoisotopic (exact) mass is 201 g/mol. The van der Waals surface area contributed by atoms with E-state index in [4.69, 9.17) is 0 Å². The largest absolute Gasteiger partial charge is 0.265 e. The molecule has 0 atom stereocenters. The van der Waals surface area contributed by atoms with Gasteiger partial charge in [0.25, 0.3) is 0 Å². The quantitative estimate of drug-likeness (QED) is 0.698. The van der Waals surface area contributed by atoms with Crippen LogP contribution in [-0.4, -0.2) is 4.98 Å². The van der Waals surface area contributed by atoms with E-state index >= 15 is 0 Å². The Balaban J connectivity index is 2.53. The Bertz CT molecular complexity index is 437. The number of nitrogens with zero attached hydrogens (tertiary/aromatic N) is 1. The second kappa shape index (κ2) is 3.84. The van der Waals surface area contributed by atoms with Gasteiger partial charge in [0, 0.05) is 17.3 Å². The van der Waals surface area contributed by atoms with Crippen LogP contribution < -0.4 is 0 Å². The summed E-state index contributed by atoms with van der Waals surface area (Å²) in [5.41, 5.74) is 3.68. The Hall–Kier alpha value is -1.28. The lowest BCUT2D eigenvalue weighted by Crippen LogP contribution is -1.83. The van der Waals surface area contributed by atoms with Crippen LogP contribution in [0.15, 0.2) is 47.6 Å². The summed E-state index contributed by atoms with van der Waals surface area (Å²) in [6, 6.07) is 10.2. The van der Waals surface area contributed by atoms with Crippen LogP contribution in [0.25, 0.3) is 11.1 Å². The fourth-order valence-electron chi connectivity index (χ4n) is 1.50. The van der Waals surface area contributed by atoms with E-state index < -0.39 is 0 Å². The van der Waals surface area contributed by atoms with Crippen LogP contribution in [0.2, 0.25) is 0 Å². The van der Waals surface area contributed by atoms with Crippen molar-refractivity contribution in [3.63, 3.8) is 0 Å². The summed E-state index contributed by atoms with van der Waals surface area (Å²) in [5.74, 6) is 0. The molecule has 14 heavy (non-hydrogen) atoms. The van der Waals surface area contributed by atoms with Crippen molar-refractivity contribution in [2.75, 3.05) is 0 Å². The minimum atomic E-state index is 1.00. The Morgan fingerprint density at radius 3 is 2.43 bits per heavy atom. The van der Waals surface area contributed by atoms with E-state index in [1.54, 1.807) is 0 Å². The molecule has 0 saturated heterocycles. The number of hydrogen-bond donors (Lipinski definition) is 1. The number of aromatic nitrogens is 1. The molecule has 0 N–H and O–H groups in total. The van der Waals surface area contributed by atoms with Gasteiger partial charge in [-0.25, -0.2) is 0 Å². The van der Waals surface area contributed by atoms with Crippen molar-refractivity contribution in [1.82, 2.24) is 4.98 Å². The van der Waals surface area contributed by atoms with Gasteiger partial charge in [-0.05, 0) is 47.9 Å². The Morgan fingerprint density at radius 2 is 1.79 bits per heavy atom. The van der Waals surface area contributed by atoms with Gasteiger partial charge in [-0.2, -0.15) is 0 Å². The summed E-state index contributed by atoms with van der Waals surface area (Å²) in [4.78, 5) is 5.00. The van der Waals surface area contributed by atoms with E-state index in [9.17, 15) is 0 Å². The number of rotatable bonds is 1. The van der Waals surface area contributed by atoms with Gasteiger partial charge in [-0.15, -0.1) is 12.6 Å². The Morgan fingerprint density at radius 1 is 1.07 bits per heavy atom. The lowest BCUT2D eigenvalue weighted by atomic mass is 10.0. The van der Waals surface area contributed by atoms with Crippen molar-refractivity contribution in [1.29, 1.82) is 0 Å². The van der Waals surface area contributed by atoms with Crippen molar-refractivity contribution < 1.29 is 0 Å². The second-order valence-electron chi connectivity index (χ2n) is 3.24. The first-order valence-electron chi connectivity index (χ1n) is 4.47. The lowest BCUT2D eigenvalue weighted by molar-refractivity contribution is 1.31. The molecule has 1 heterocycles. The molecule has 0 aliphatic heterocycles. The molecule has 1 aromatic heterocycles. The van der Waals surface area contributed by atoms with Crippen molar-refractivity contribution in [2.45, 2.75) is 11.8 Å². The normalized spacial score (nSPS) is 10.1. The molecule has 1 aromatic carbocycles. The molecular weight excluding hydrogens is 190 g/mol. The fourth-order valence-corrected chi connectivity index (χ4v) is 1.77. The van der Waals surface area contributed by atoms with Crippen LogP contribution >= 0.6 is 12.6 Å². The molecule has 70 valence electrons. The van der Waals surface area contributed by atoms with Crippen LogP contribution in [0.1, 0.15) is 5.56 Å². The molecule has 2 rings (SSSR count). The lowest BCUT2D eigenvalue weighted by Gasteiger charge is -2.05. The molecule has 2 aromatic rings. The minimum absolute atomic E-state index is 1.00. The Labute approximate surface area is 89.2 Å². The smallest absolute Gasteiger partial charge is 0.0273 e. The maximum Gasteiger partial charge on any atom is 0.0273 e. The number of aryl methyl sites for hydroxylation is 1. The van der Waals surface area contributed by atoms with Gasteiger partial charge >= 0.3 is 0 Å². The van der Waals surface area contributed by atoms with Crippen LogP contribution in [0.5, 0.6) is 0 Å². The average molecular weight is 201 g/mol. The standard InChI is InChI=1S/C12H11NS/c1-9-8-11(14)2-3-12(9)10-4-6-13-7-5-10/h2-8,14H,1H3. The molecule has 1 nitrogen and oxygen atoms in total. The van der Waals surface area contributed by atoms with E-state index in [2.05, 4.69) is 36.7 Å². The topological polar surface area (TPSA) is 12.9 Å². The highest BCUT2D eigenvalue weighted by Gasteiger charge is 2.00. The molecule has 0 spiro atoms. The molecular formula is C12H11NS. The predicted octanol–water partition coefficient (Wildman–Crippen LogP) is 3.35. The number of pyridine rings is 1. The van der Waals surface area contributed by atoms with Gasteiger partial charge in [-0.1, -0.05) is 6.07 Å². The molecule has 0 unspecified atom stereocenters. The summed E-state index contributed by atoms with van der Waals surface area (Å²) < 4.78 is 0. The van der Waals surface area contributed by atoms with E-state index in [0.717, 1.165) is 4.90 Å². The van der Waals surface area contributed by atoms with Gasteiger partial charge in [0.1, 0.15) is 0 Å². The van der Waals surface area contributed by atoms with Crippen LogP contribution in [0, 0.1) is 6.92 Å². The second-order valence-corrected chi connectivity index (χ2v) is 3.75. The summed E-state index contributed by atoms with van der Waals surface area (Å²) >= 11 is 4.30. The zero-order valence-corrected chi connectivity index (χ0v) is 8.83. The summed E-state index contributed by atoms with van der Waals surface area (Å²) in [6.07, 6.45) is 3.62. The van der Waals surface area contributed by atoms with Crippen molar-refractivity contribution in [3.05, 3.63) is 48.3 Å². The molecule has 0 fully saturated rings.